The number of hydrogen-bond donors (Lipinski definition) is 1. The number of carbonyl (C=O) groups is 1. The number of ether oxygens (including phenoxy) is 2. The SMILES string of the molecule is Cc1cccc(C)c1NC(=O)c1ccc(OCCOc2ccccc2)c(Br)c1. The van der Waals surface area contributed by atoms with E-state index in [1.165, 1.54) is 0 Å². The Hall–Kier alpha value is -2.79. The lowest BCUT2D eigenvalue weighted by molar-refractivity contribution is 0.102. The maximum atomic E-state index is 12.6. The molecule has 0 aliphatic rings. The largest absolute Gasteiger partial charge is 0.490 e. The fourth-order valence-corrected chi connectivity index (χ4v) is 3.28. The number of benzene rings is 3. The van der Waals surface area contributed by atoms with Gasteiger partial charge in [0.25, 0.3) is 5.91 Å². The minimum absolute atomic E-state index is 0.155. The van der Waals surface area contributed by atoms with E-state index < -0.39 is 0 Å². The minimum atomic E-state index is -0.155. The van der Waals surface area contributed by atoms with Gasteiger partial charge in [-0.3, -0.25) is 4.79 Å². The first-order valence-electron chi connectivity index (χ1n) is 9.02. The number of anilines is 1. The summed E-state index contributed by atoms with van der Waals surface area (Å²) in [4.78, 5) is 12.6. The lowest BCUT2D eigenvalue weighted by Gasteiger charge is -2.13. The Labute approximate surface area is 173 Å². The zero-order valence-corrected chi connectivity index (χ0v) is 17.5. The van der Waals surface area contributed by atoms with Crippen LogP contribution in [0.2, 0.25) is 0 Å². The summed E-state index contributed by atoms with van der Waals surface area (Å²) in [6.07, 6.45) is 0. The Balaban J connectivity index is 1.58. The molecular formula is C23H22BrNO3. The monoisotopic (exact) mass is 439 g/mol. The molecule has 0 bridgehead atoms. The molecule has 0 aliphatic heterocycles. The lowest BCUT2D eigenvalue weighted by atomic mass is 10.1. The van der Waals surface area contributed by atoms with Crippen LogP contribution in [0.15, 0.2) is 71.2 Å². The first-order valence-corrected chi connectivity index (χ1v) is 9.81. The van der Waals surface area contributed by atoms with Gasteiger partial charge >= 0.3 is 0 Å². The molecule has 3 aromatic rings. The van der Waals surface area contributed by atoms with E-state index in [-0.39, 0.29) is 5.91 Å². The number of para-hydroxylation sites is 2. The highest BCUT2D eigenvalue weighted by atomic mass is 79.9. The Morgan fingerprint density at radius 2 is 1.57 bits per heavy atom. The van der Waals surface area contributed by atoms with Gasteiger partial charge in [0.2, 0.25) is 0 Å². The highest BCUT2D eigenvalue weighted by molar-refractivity contribution is 9.10. The summed E-state index contributed by atoms with van der Waals surface area (Å²) >= 11 is 3.48. The molecule has 0 atom stereocenters. The highest BCUT2D eigenvalue weighted by Gasteiger charge is 2.12. The number of hydrogen-bond acceptors (Lipinski definition) is 3. The summed E-state index contributed by atoms with van der Waals surface area (Å²) in [5, 5.41) is 2.99. The first kappa shape index (κ1) is 20.0. The van der Waals surface area contributed by atoms with Crippen molar-refractivity contribution in [3.63, 3.8) is 0 Å². The average molecular weight is 440 g/mol. The molecule has 0 fully saturated rings. The number of amides is 1. The van der Waals surface area contributed by atoms with Gasteiger partial charge < -0.3 is 14.8 Å². The van der Waals surface area contributed by atoms with Crippen LogP contribution < -0.4 is 14.8 Å². The molecule has 28 heavy (non-hydrogen) atoms. The molecule has 0 aliphatic carbocycles. The molecule has 0 heterocycles. The van der Waals surface area contributed by atoms with Crippen LogP contribution in [0.1, 0.15) is 21.5 Å². The fourth-order valence-electron chi connectivity index (χ4n) is 2.78. The summed E-state index contributed by atoms with van der Waals surface area (Å²) < 4.78 is 12.1. The van der Waals surface area contributed by atoms with Crippen molar-refractivity contribution in [1.29, 1.82) is 0 Å². The number of rotatable bonds is 7. The topological polar surface area (TPSA) is 47.6 Å². The Morgan fingerprint density at radius 3 is 2.25 bits per heavy atom. The third kappa shape index (κ3) is 5.14. The normalized spacial score (nSPS) is 10.4. The molecule has 0 aromatic heterocycles. The lowest BCUT2D eigenvalue weighted by Crippen LogP contribution is -2.14. The predicted octanol–water partition coefficient (Wildman–Crippen LogP) is 5.78. The van der Waals surface area contributed by atoms with E-state index in [0.29, 0.717) is 24.5 Å². The van der Waals surface area contributed by atoms with Gasteiger partial charge in [-0.1, -0.05) is 36.4 Å². The number of nitrogens with one attached hydrogen (secondary N) is 1. The number of aryl methyl sites for hydroxylation is 2. The number of halogens is 1. The molecule has 1 amide bonds. The molecule has 0 radical (unpaired) electrons. The second-order valence-electron chi connectivity index (χ2n) is 6.38. The quantitative estimate of drug-likeness (QED) is 0.474. The standard InChI is InChI=1S/C23H22BrNO3/c1-16-7-6-8-17(2)22(16)25-23(26)18-11-12-21(20(24)15-18)28-14-13-27-19-9-4-3-5-10-19/h3-12,15H,13-14H2,1-2H3,(H,25,26). The molecule has 4 nitrogen and oxygen atoms in total. The maximum Gasteiger partial charge on any atom is 0.255 e. The first-order chi connectivity index (χ1) is 13.5. The van der Waals surface area contributed by atoms with Gasteiger partial charge in [-0.25, -0.2) is 0 Å². The van der Waals surface area contributed by atoms with Gasteiger partial charge in [0.05, 0.1) is 4.47 Å². The zero-order chi connectivity index (χ0) is 19.9. The Kier molecular flexibility index (Phi) is 6.71. The van der Waals surface area contributed by atoms with E-state index in [4.69, 9.17) is 9.47 Å². The molecule has 144 valence electrons. The summed E-state index contributed by atoms with van der Waals surface area (Å²) in [5.74, 6) is 1.32. The average Bonchev–Trinajstić information content (AvgIpc) is 2.70. The molecule has 1 N–H and O–H groups in total. The molecule has 3 rings (SSSR count). The van der Waals surface area contributed by atoms with Crippen LogP contribution in [0.5, 0.6) is 11.5 Å². The molecule has 5 heteroatoms. The van der Waals surface area contributed by atoms with Crippen LogP contribution in [0, 0.1) is 13.8 Å². The van der Waals surface area contributed by atoms with Crippen LogP contribution in [-0.2, 0) is 0 Å². The van der Waals surface area contributed by atoms with Gasteiger partial charge in [-0.15, -0.1) is 0 Å². The highest BCUT2D eigenvalue weighted by Crippen LogP contribution is 2.27. The fraction of sp³-hybridized carbons (Fsp3) is 0.174. The Bertz CT molecular complexity index is 937. The summed E-state index contributed by atoms with van der Waals surface area (Å²) in [6, 6.07) is 20.8. The molecule has 0 saturated heterocycles. The van der Waals surface area contributed by atoms with Crippen molar-refractivity contribution in [1.82, 2.24) is 0 Å². The third-order valence-corrected chi connectivity index (χ3v) is 4.89. The van der Waals surface area contributed by atoms with E-state index in [9.17, 15) is 4.79 Å². The van der Waals surface area contributed by atoms with Gasteiger partial charge in [-0.05, 0) is 71.2 Å². The molecule has 0 saturated carbocycles. The van der Waals surface area contributed by atoms with E-state index >= 15 is 0 Å². The van der Waals surface area contributed by atoms with E-state index in [2.05, 4.69) is 21.2 Å². The van der Waals surface area contributed by atoms with Gasteiger partial charge in [-0.2, -0.15) is 0 Å². The Morgan fingerprint density at radius 1 is 0.893 bits per heavy atom. The zero-order valence-electron chi connectivity index (χ0n) is 15.9. The minimum Gasteiger partial charge on any atom is -0.490 e. The summed E-state index contributed by atoms with van der Waals surface area (Å²) in [5.41, 5.74) is 3.47. The molecule has 3 aromatic carbocycles. The van der Waals surface area contributed by atoms with Crippen molar-refractivity contribution in [3.8, 4) is 11.5 Å². The predicted molar refractivity (Wildman–Crippen MR) is 115 cm³/mol. The molecular weight excluding hydrogens is 418 g/mol. The van der Waals surface area contributed by atoms with Gasteiger partial charge in [0.1, 0.15) is 24.7 Å². The number of carbonyl (C=O) groups excluding carboxylic acids is 1. The van der Waals surface area contributed by atoms with Crippen LogP contribution in [-0.4, -0.2) is 19.1 Å². The van der Waals surface area contributed by atoms with E-state index in [1.54, 1.807) is 18.2 Å². The summed E-state index contributed by atoms with van der Waals surface area (Å²) in [6.45, 7) is 4.80. The summed E-state index contributed by atoms with van der Waals surface area (Å²) in [7, 11) is 0. The van der Waals surface area contributed by atoms with E-state index in [1.807, 2.05) is 62.4 Å². The second kappa shape index (κ2) is 9.42. The van der Waals surface area contributed by atoms with Crippen molar-refractivity contribution < 1.29 is 14.3 Å². The van der Waals surface area contributed by atoms with Crippen LogP contribution in [0.3, 0.4) is 0 Å². The van der Waals surface area contributed by atoms with Crippen LogP contribution in [0.25, 0.3) is 0 Å². The van der Waals surface area contributed by atoms with Gasteiger partial charge in [0, 0.05) is 11.3 Å². The van der Waals surface area contributed by atoms with Gasteiger partial charge in [0.15, 0.2) is 0 Å². The van der Waals surface area contributed by atoms with E-state index in [0.717, 1.165) is 27.0 Å². The smallest absolute Gasteiger partial charge is 0.255 e. The van der Waals surface area contributed by atoms with Crippen molar-refractivity contribution in [2.75, 3.05) is 18.5 Å². The third-order valence-electron chi connectivity index (χ3n) is 4.27. The van der Waals surface area contributed by atoms with Crippen molar-refractivity contribution in [2.24, 2.45) is 0 Å². The van der Waals surface area contributed by atoms with Crippen LogP contribution in [0.4, 0.5) is 5.69 Å². The molecule has 0 spiro atoms. The van der Waals surface area contributed by atoms with Crippen molar-refractivity contribution in [2.45, 2.75) is 13.8 Å². The second-order valence-corrected chi connectivity index (χ2v) is 7.23. The van der Waals surface area contributed by atoms with Crippen molar-refractivity contribution in [3.05, 3.63) is 87.9 Å². The van der Waals surface area contributed by atoms with Crippen LogP contribution >= 0.6 is 15.9 Å². The molecule has 0 unspecified atom stereocenters. The maximum absolute atomic E-state index is 12.6. The van der Waals surface area contributed by atoms with Crippen molar-refractivity contribution >= 4 is 27.5 Å².